The summed E-state index contributed by atoms with van der Waals surface area (Å²) in [7, 11) is 0. The van der Waals surface area contributed by atoms with Crippen molar-refractivity contribution < 1.29 is 18.9 Å². The average Bonchev–Trinajstić information content (AvgIpc) is 3.27. The smallest absolute Gasteiger partial charge is 0.290 e. The van der Waals surface area contributed by atoms with Crippen molar-refractivity contribution in [2.24, 2.45) is 0 Å². The van der Waals surface area contributed by atoms with Crippen LogP contribution in [0.5, 0.6) is 0 Å². The van der Waals surface area contributed by atoms with E-state index >= 15 is 0 Å². The summed E-state index contributed by atoms with van der Waals surface area (Å²) in [5.74, 6) is -0.515. The van der Waals surface area contributed by atoms with Gasteiger partial charge in [-0.2, -0.15) is 0 Å². The van der Waals surface area contributed by atoms with Crippen LogP contribution in [0.3, 0.4) is 0 Å². The topological polar surface area (TPSA) is 106 Å². The Kier molecular flexibility index (Phi) is 4.51. The summed E-state index contributed by atoms with van der Waals surface area (Å²) in [4.78, 5) is 37.0. The maximum atomic E-state index is 12.6. The maximum absolute atomic E-state index is 12.6. The second kappa shape index (κ2) is 6.76. The van der Waals surface area contributed by atoms with Gasteiger partial charge in [-0.25, -0.2) is 0 Å². The third-order valence-corrected chi connectivity index (χ3v) is 4.22. The van der Waals surface area contributed by atoms with E-state index in [0.29, 0.717) is 30.6 Å². The molecule has 8 heteroatoms. The number of nitro groups is 1. The third-order valence-electron chi connectivity index (χ3n) is 4.22. The van der Waals surface area contributed by atoms with Gasteiger partial charge in [-0.1, -0.05) is 6.07 Å². The molecule has 1 saturated heterocycles. The first-order valence-corrected chi connectivity index (χ1v) is 7.88. The van der Waals surface area contributed by atoms with Gasteiger partial charge in [-0.3, -0.25) is 19.7 Å². The van der Waals surface area contributed by atoms with Crippen LogP contribution >= 0.6 is 0 Å². The highest BCUT2D eigenvalue weighted by molar-refractivity contribution is 6.00. The second-order valence-corrected chi connectivity index (χ2v) is 5.88. The lowest BCUT2D eigenvalue weighted by Crippen LogP contribution is -2.43. The van der Waals surface area contributed by atoms with Crippen LogP contribution in [0.25, 0.3) is 0 Å². The lowest BCUT2D eigenvalue weighted by atomic mass is 10.1. The summed E-state index contributed by atoms with van der Waals surface area (Å²) < 4.78 is 5.11. The van der Waals surface area contributed by atoms with Gasteiger partial charge in [0.2, 0.25) is 5.91 Å². The van der Waals surface area contributed by atoms with Crippen LogP contribution in [0.4, 0.5) is 11.4 Å². The first kappa shape index (κ1) is 16.7. The maximum Gasteiger partial charge on any atom is 0.290 e. The van der Waals surface area contributed by atoms with E-state index in [1.807, 2.05) is 0 Å². The van der Waals surface area contributed by atoms with E-state index in [-0.39, 0.29) is 23.3 Å². The SMILES string of the molecule is Cc1ccc(NC(=O)C2CCCN2C(=O)c2ccco2)cc1[N+](=O)[O-]. The van der Waals surface area contributed by atoms with E-state index in [0.717, 1.165) is 0 Å². The van der Waals surface area contributed by atoms with Crippen molar-refractivity contribution in [2.75, 3.05) is 11.9 Å². The molecule has 1 N–H and O–H groups in total. The van der Waals surface area contributed by atoms with Gasteiger partial charge >= 0.3 is 0 Å². The van der Waals surface area contributed by atoms with Crippen molar-refractivity contribution in [3.8, 4) is 0 Å². The molecule has 1 aromatic carbocycles. The highest BCUT2D eigenvalue weighted by atomic mass is 16.6. The van der Waals surface area contributed by atoms with Gasteiger partial charge in [0, 0.05) is 23.9 Å². The van der Waals surface area contributed by atoms with Crippen LogP contribution in [0.1, 0.15) is 29.0 Å². The zero-order valence-corrected chi connectivity index (χ0v) is 13.6. The van der Waals surface area contributed by atoms with Crippen molar-refractivity contribution in [1.29, 1.82) is 0 Å². The molecular formula is C17H17N3O5. The number of anilines is 1. The van der Waals surface area contributed by atoms with Crippen molar-refractivity contribution >= 4 is 23.2 Å². The molecule has 0 saturated carbocycles. The van der Waals surface area contributed by atoms with E-state index in [4.69, 9.17) is 4.42 Å². The first-order chi connectivity index (χ1) is 12.0. The average molecular weight is 343 g/mol. The van der Waals surface area contributed by atoms with Gasteiger partial charge < -0.3 is 14.6 Å². The Morgan fingerprint density at radius 3 is 2.84 bits per heavy atom. The Labute approximate surface area is 143 Å². The standard InChI is InChI=1S/C17H17N3O5/c1-11-6-7-12(10-14(11)20(23)24)18-16(21)13-4-2-8-19(13)17(22)15-5-3-9-25-15/h3,5-7,9-10,13H,2,4,8H2,1H3,(H,18,21). The molecule has 1 fully saturated rings. The zero-order valence-electron chi connectivity index (χ0n) is 13.6. The highest BCUT2D eigenvalue weighted by Crippen LogP contribution is 2.25. The quantitative estimate of drug-likeness (QED) is 0.679. The highest BCUT2D eigenvalue weighted by Gasteiger charge is 2.35. The molecular weight excluding hydrogens is 326 g/mol. The van der Waals surface area contributed by atoms with Crippen LogP contribution in [0.15, 0.2) is 41.0 Å². The monoisotopic (exact) mass is 343 g/mol. The van der Waals surface area contributed by atoms with Crippen LogP contribution in [-0.4, -0.2) is 34.2 Å². The number of aryl methyl sites for hydroxylation is 1. The second-order valence-electron chi connectivity index (χ2n) is 5.88. The number of hydrogen-bond donors (Lipinski definition) is 1. The largest absolute Gasteiger partial charge is 0.459 e. The minimum absolute atomic E-state index is 0.0623. The number of nitrogens with one attached hydrogen (secondary N) is 1. The fourth-order valence-electron chi connectivity index (χ4n) is 2.93. The van der Waals surface area contributed by atoms with E-state index in [1.165, 1.54) is 17.2 Å². The lowest BCUT2D eigenvalue weighted by molar-refractivity contribution is -0.385. The molecule has 130 valence electrons. The molecule has 0 aliphatic carbocycles. The van der Waals surface area contributed by atoms with Crippen molar-refractivity contribution in [3.05, 3.63) is 58.0 Å². The number of benzene rings is 1. The molecule has 0 radical (unpaired) electrons. The van der Waals surface area contributed by atoms with Crippen molar-refractivity contribution in [3.63, 3.8) is 0 Å². The van der Waals surface area contributed by atoms with Crippen LogP contribution < -0.4 is 5.32 Å². The number of nitro benzene ring substituents is 1. The molecule has 1 unspecified atom stereocenters. The summed E-state index contributed by atoms with van der Waals surface area (Å²) in [6.07, 6.45) is 2.65. The molecule has 0 bridgehead atoms. The molecule has 2 aromatic rings. The van der Waals surface area contributed by atoms with Gasteiger partial charge in [0.05, 0.1) is 11.2 Å². The van der Waals surface area contributed by atoms with Gasteiger partial charge in [-0.05, 0) is 38.0 Å². The van der Waals surface area contributed by atoms with Gasteiger partial charge in [0.1, 0.15) is 6.04 Å². The summed E-state index contributed by atoms with van der Waals surface area (Å²) in [6.45, 7) is 2.09. The summed E-state index contributed by atoms with van der Waals surface area (Å²) in [6, 6.07) is 7.05. The number of rotatable bonds is 4. The Hall–Kier alpha value is -3.16. The molecule has 25 heavy (non-hydrogen) atoms. The third kappa shape index (κ3) is 3.37. The van der Waals surface area contributed by atoms with Crippen LogP contribution in [0, 0.1) is 17.0 Å². The number of amides is 2. The summed E-state index contributed by atoms with van der Waals surface area (Å²) >= 11 is 0. The normalized spacial score (nSPS) is 16.7. The number of likely N-dealkylation sites (tertiary alicyclic amines) is 1. The molecule has 1 aromatic heterocycles. The molecule has 8 nitrogen and oxygen atoms in total. The van der Waals surface area contributed by atoms with Crippen LogP contribution in [-0.2, 0) is 4.79 Å². The first-order valence-electron chi connectivity index (χ1n) is 7.88. The molecule has 1 aliphatic rings. The molecule has 0 spiro atoms. The molecule has 3 rings (SSSR count). The summed E-state index contributed by atoms with van der Waals surface area (Å²) in [5.41, 5.74) is 0.783. The number of nitrogens with zero attached hydrogens (tertiary/aromatic N) is 2. The Morgan fingerprint density at radius 1 is 1.36 bits per heavy atom. The van der Waals surface area contributed by atoms with Crippen molar-refractivity contribution in [1.82, 2.24) is 4.90 Å². The lowest BCUT2D eigenvalue weighted by Gasteiger charge is -2.23. The minimum Gasteiger partial charge on any atom is -0.459 e. The number of carbonyl (C=O) groups is 2. The fraction of sp³-hybridized carbons (Fsp3) is 0.294. The van der Waals surface area contributed by atoms with E-state index in [1.54, 1.807) is 31.2 Å². The Morgan fingerprint density at radius 2 is 2.16 bits per heavy atom. The number of hydrogen-bond acceptors (Lipinski definition) is 5. The summed E-state index contributed by atoms with van der Waals surface area (Å²) in [5, 5.41) is 13.7. The minimum atomic E-state index is -0.627. The van der Waals surface area contributed by atoms with Crippen molar-refractivity contribution in [2.45, 2.75) is 25.8 Å². The number of carbonyl (C=O) groups excluding carboxylic acids is 2. The molecule has 2 amide bonds. The van der Waals surface area contributed by atoms with E-state index < -0.39 is 11.0 Å². The zero-order chi connectivity index (χ0) is 18.0. The number of furan rings is 1. The molecule has 1 atom stereocenters. The fourth-order valence-corrected chi connectivity index (χ4v) is 2.93. The van der Waals surface area contributed by atoms with E-state index in [9.17, 15) is 19.7 Å². The van der Waals surface area contributed by atoms with Gasteiger partial charge in [0.25, 0.3) is 11.6 Å². The Bertz CT molecular complexity index is 816. The predicted octanol–water partition coefficient (Wildman–Crippen LogP) is 2.74. The Balaban J connectivity index is 1.75. The predicted molar refractivity (Wildman–Crippen MR) is 89.2 cm³/mol. The van der Waals surface area contributed by atoms with Gasteiger partial charge in [0.15, 0.2) is 5.76 Å². The van der Waals surface area contributed by atoms with Crippen LogP contribution in [0.2, 0.25) is 0 Å². The molecule has 2 heterocycles. The van der Waals surface area contributed by atoms with Gasteiger partial charge in [-0.15, -0.1) is 0 Å². The van der Waals surface area contributed by atoms with E-state index in [2.05, 4.69) is 5.32 Å². The molecule has 1 aliphatic heterocycles.